The van der Waals surface area contributed by atoms with Crippen LogP contribution < -0.4 is 0 Å². The van der Waals surface area contributed by atoms with Gasteiger partial charge in [-0.15, -0.1) is 0 Å². The molecule has 1 saturated heterocycles. The number of aliphatic carboxylic acids is 2. The molecule has 22 heavy (non-hydrogen) atoms. The van der Waals surface area contributed by atoms with Crippen molar-refractivity contribution in [3.8, 4) is 0 Å². The predicted octanol–water partition coefficient (Wildman–Crippen LogP) is -1.07. The molecule has 0 saturated carbocycles. The van der Waals surface area contributed by atoms with Crippen LogP contribution in [-0.4, -0.2) is 107 Å². The lowest BCUT2D eigenvalue weighted by Crippen LogP contribution is -2.40. The van der Waals surface area contributed by atoms with Gasteiger partial charge in [0.25, 0.3) is 0 Å². The number of carbonyl (C=O) groups is 2. The van der Waals surface area contributed by atoms with Crippen LogP contribution in [0.1, 0.15) is 0 Å². The number of carboxylic acid groups (broad SMARTS) is 2. The molecule has 0 bridgehead atoms. The Kier molecular flexibility index (Phi) is 7.44. The van der Waals surface area contributed by atoms with Gasteiger partial charge in [-0.1, -0.05) is 0 Å². The molecular weight excluding hydrogens is 313 g/mol. The molecule has 9 nitrogen and oxygen atoms in total. The molecule has 3 N–H and O–H groups in total. The van der Waals surface area contributed by atoms with Gasteiger partial charge in [0.15, 0.2) is 0 Å². The van der Waals surface area contributed by atoms with Crippen molar-refractivity contribution in [1.82, 2.24) is 14.7 Å². The van der Waals surface area contributed by atoms with Crippen molar-refractivity contribution in [3.63, 3.8) is 0 Å². The van der Waals surface area contributed by atoms with Crippen molar-refractivity contribution in [2.24, 2.45) is 0 Å². The van der Waals surface area contributed by atoms with E-state index in [0.29, 0.717) is 39.3 Å². The van der Waals surface area contributed by atoms with Crippen LogP contribution in [0.25, 0.3) is 0 Å². The number of nitrogens with zero attached hydrogens (tertiary/aromatic N) is 3. The Morgan fingerprint density at radius 2 is 1.18 bits per heavy atom. The molecular formula is C12H24N3O6P. The van der Waals surface area contributed by atoms with E-state index in [1.54, 1.807) is 14.7 Å². The third kappa shape index (κ3) is 8.45. The minimum absolute atomic E-state index is 0.0226. The highest BCUT2D eigenvalue weighted by atomic mass is 31.2. The van der Waals surface area contributed by atoms with Crippen LogP contribution >= 0.6 is 7.37 Å². The maximum Gasteiger partial charge on any atom is 0.317 e. The molecule has 1 heterocycles. The second kappa shape index (κ2) is 8.59. The second-order valence-electron chi connectivity index (χ2n) is 5.65. The van der Waals surface area contributed by atoms with E-state index < -0.39 is 19.3 Å². The molecule has 1 rings (SSSR count). The van der Waals surface area contributed by atoms with Gasteiger partial charge >= 0.3 is 11.9 Å². The summed E-state index contributed by atoms with van der Waals surface area (Å²) in [5, 5.41) is 17.8. The molecule has 1 atom stereocenters. The third-order valence-corrected chi connectivity index (χ3v) is 4.30. The summed E-state index contributed by atoms with van der Waals surface area (Å²) in [5.74, 6) is -1.89. The highest BCUT2D eigenvalue weighted by Crippen LogP contribution is 2.35. The average Bonchev–Trinajstić information content (AvgIpc) is 2.41. The largest absolute Gasteiger partial charge is 0.480 e. The Morgan fingerprint density at radius 1 is 0.864 bits per heavy atom. The van der Waals surface area contributed by atoms with E-state index in [-0.39, 0.29) is 19.4 Å². The molecule has 0 aromatic carbocycles. The predicted molar refractivity (Wildman–Crippen MR) is 80.3 cm³/mol. The van der Waals surface area contributed by atoms with Crippen LogP contribution in [0.15, 0.2) is 0 Å². The summed E-state index contributed by atoms with van der Waals surface area (Å²) >= 11 is 0. The van der Waals surface area contributed by atoms with Crippen molar-refractivity contribution in [3.05, 3.63) is 0 Å². The highest BCUT2D eigenvalue weighted by molar-refractivity contribution is 7.57. The molecule has 10 heteroatoms. The summed E-state index contributed by atoms with van der Waals surface area (Å²) < 4.78 is 11.6. The maximum absolute atomic E-state index is 11.6. The zero-order valence-electron chi connectivity index (χ0n) is 12.7. The Bertz CT molecular complexity index is 413. The summed E-state index contributed by atoms with van der Waals surface area (Å²) in [4.78, 5) is 36.5. The van der Waals surface area contributed by atoms with E-state index in [2.05, 4.69) is 0 Å². The maximum atomic E-state index is 11.6. The first-order valence-corrected chi connectivity index (χ1v) is 9.35. The zero-order chi connectivity index (χ0) is 16.8. The van der Waals surface area contributed by atoms with Crippen molar-refractivity contribution in [1.29, 1.82) is 0 Å². The minimum Gasteiger partial charge on any atom is -0.480 e. The summed E-state index contributed by atoms with van der Waals surface area (Å²) in [6.07, 6.45) is 0.0226. The summed E-state index contributed by atoms with van der Waals surface area (Å²) in [6.45, 7) is 3.82. The first kappa shape index (κ1) is 19.1. The summed E-state index contributed by atoms with van der Waals surface area (Å²) in [6, 6.07) is 0. The second-order valence-corrected chi connectivity index (χ2v) is 8.03. The molecule has 0 aliphatic carbocycles. The van der Waals surface area contributed by atoms with Crippen molar-refractivity contribution in [2.45, 2.75) is 0 Å². The molecule has 0 aromatic rings. The van der Waals surface area contributed by atoms with Gasteiger partial charge in [0.05, 0.1) is 19.4 Å². The minimum atomic E-state index is -3.22. The third-order valence-electron chi connectivity index (χ3n) is 3.38. The Hall–Kier alpha value is -0.990. The van der Waals surface area contributed by atoms with Crippen molar-refractivity contribution < 1.29 is 29.3 Å². The van der Waals surface area contributed by atoms with Gasteiger partial charge in [-0.2, -0.15) is 0 Å². The standard InChI is InChI=1S/C12H24N3O6P/c1-22(20,21)10-15-6-4-13(8-11(16)17)2-3-14(5-7-15)9-12(18)19/h2-10H2,1H3,(H,16,17)(H,18,19)(H,20,21). The lowest BCUT2D eigenvalue weighted by Gasteiger charge is -2.25. The van der Waals surface area contributed by atoms with Gasteiger partial charge in [0.2, 0.25) is 7.37 Å². The summed E-state index contributed by atoms with van der Waals surface area (Å²) in [7, 11) is -3.22. The molecule has 0 spiro atoms. The number of rotatable bonds is 6. The van der Waals surface area contributed by atoms with Crippen molar-refractivity contribution in [2.75, 3.05) is 65.3 Å². The highest BCUT2D eigenvalue weighted by Gasteiger charge is 2.22. The quantitative estimate of drug-likeness (QED) is 0.520. The lowest BCUT2D eigenvalue weighted by molar-refractivity contribution is -0.140. The fraction of sp³-hybridized carbons (Fsp3) is 0.833. The number of hydrogen-bond donors (Lipinski definition) is 3. The van der Waals surface area contributed by atoms with Crippen LogP contribution in [-0.2, 0) is 14.2 Å². The van der Waals surface area contributed by atoms with E-state index in [1.165, 1.54) is 6.66 Å². The van der Waals surface area contributed by atoms with Crippen LogP contribution in [0, 0.1) is 0 Å². The van der Waals surface area contributed by atoms with Gasteiger partial charge < -0.3 is 15.1 Å². The van der Waals surface area contributed by atoms with Gasteiger partial charge in [0, 0.05) is 45.9 Å². The molecule has 1 fully saturated rings. The average molecular weight is 337 g/mol. The monoisotopic (exact) mass is 337 g/mol. The van der Waals surface area contributed by atoms with Gasteiger partial charge in [-0.3, -0.25) is 28.9 Å². The van der Waals surface area contributed by atoms with Gasteiger partial charge in [-0.25, -0.2) is 0 Å². The van der Waals surface area contributed by atoms with E-state index in [4.69, 9.17) is 10.2 Å². The van der Waals surface area contributed by atoms with Crippen LogP contribution in [0.3, 0.4) is 0 Å². The van der Waals surface area contributed by atoms with E-state index >= 15 is 0 Å². The summed E-state index contributed by atoms with van der Waals surface area (Å²) in [5.41, 5.74) is 0. The first-order valence-electron chi connectivity index (χ1n) is 7.05. The fourth-order valence-corrected chi connectivity index (χ4v) is 3.42. The Morgan fingerprint density at radius 3 is 1.45 bits per heavy atom. The van der Waals surface area contributed by atoms with Gasteiger partial charge in [0.1, 0.15) is 0 Å². The molecule has 0 aromatic heterocycles. The molecule has 1 unspecified atom stereocenters. The topological polar surface area (TPSA) is 122 Å². The van der Waals surface area contributed by atoms with Crippen molar-refractivity contribution >= 4 is 19.3 Å². The van der Waals surface area contributed by atoms with E-state index in [0.717, 1.165) is 0 Å². The van der Waals surface area contributed by atoms with Crippen LogP contribution in [0.2, 0.25) is 0 Å². The van der Waals surface area contributed by atoms with E-state index in [1.807, 2.05) is 0 Å². The lowest BCUT2D eigenvalue weighted by atomic mass is 10.4. The fourth-order valence-electron chi connectivity index (χ4n) is 2.40. The SMILES string of the molecule is CP(=O)(O)CN1CCN(CC(=O)O)CCN(CC(=O)O)CC1. The molecule has 1 aliphatic rings. The van der Waals surface area contributed by atoms with Crippen LogP contribution in [0.4, 0.5) is 0 Å². The zero-order valence-corrected chi connectivity index (χ0v) is 13.6. The number of hydrogen-bond acceptors (Lipinski definition) is 6. The molecule has 128 valence electrons. The normalized spacial score (nSPS) is 22.3. The van der Waals surface area contributed by atoms with E-state index in [9.17, 15) is 19.0 Å². The Balaban J connectivity index is 2.74. The molecule has 0 radical (unpaired) electrons. The smallest absolute Gasteiger partial charge is 0.317 e. The molecule has 0 amide bonds. The Labute approximate surface area is 129 Å². The van der Waals surface area contributed by atoms with Crippen LogP contribution in [0.5, 0.6) is 0 Å². The van der Waals surface area contributed by atoms with Gasteiger partial charge in [-0.05, 0) is 0 Å². The first-order chi connectivity index (χ1) is 10.2. The number of carboxylic acids is 2. The molecule has 1 aliphatic heterocycles.